The Kier molecular flexibility index (Phi) is 6.28. The Hall–Kier alpha value is -4.29. The summed E-state index contributed by atoms with van der Waals surface area (Å²) in [6.45, 7) is 0.938. The molecule has 196 valence electrons. The minimum atomic E-state index is -1.88. The molecule has 5 atom stereocenters. The lowest BCUT2D eigenvalue weighted by molar-refractivity contribution is -0.152. The molecule has 0 bridgehead atoms. The molecule has 0 saturated heterocycles. The predicted molar refractivity (Wildman–Crippen MR) is 143 cm³/mol. The third kappa shape index (κ3) is 3.70. The predicted octanol–water partition coefficient (Wildman–Crippen LogP) is 3.40. The number of aliphatic hydroxyl groups is 2. The van der Waals surface area contributed by atoms with Crippen molar-refractivity contribution in [3.05, 3.63) is 119 Å². The summed E-state index contributed by atoms with van der Waals surface area (Å²) >= 11 is 0. The van der Waals surface area contributed by atoms with Crippen LogP contribution in [0.3, 0.4) is 0 Å². The van der Waals surface area contributed by atoms with E-state index in [2.05, 4.69) is 21.4 Å². The zero-order valence-corrected chi connectivity index (χ0v) is 21.4. The highest BCUT2D eigenvalue weighted by Gasteiger charge is 2.76. The average molecular weight is 521 g/mol. The van der Waals surface area contributed by atoms with Gasteiger partial charge in [-0.3, -0.25) is 9.97 Å². The van der Waals surface area contributed by atoms with E-state index in [-0.39, 0.29) is 0 Å². The van der Waals surface area contributed by atoms with Gasteiger partial charge in [0.2, 0.25) is 0 Å². The van der Waals surface area contributed by atoms with E-state index in [4.69, 9.17) is 9.47 Å². The maximum Gasteiger partial charge on any atom is 0.177 e. The molecule has 0 amide bonds. The molecule has 4 aromatic rings. The minimum absolute atomic E-state index is 0.334. The first kappa shape index (κ1) is 25.0. The Labute approximate surface area is 226 Å². The molecule has 2 aromatic carbocycles. The summed E-state index contributed by atoms with van der Waals surface area (Å²) in [4.78, 5) is 8.45. The number of pyridine rings is 2. The number of rotatable bonds is 7. The van der Waals surface area contributed by atoms with Gasteiger partial charge in [0.1, 0.15) is 11.5 Å². The van der Waals surface area contributed by atoms with E-state index in [0.29, 0.717) is 41.3 Å². The van der Waals surface area contributed by atoms with Gasteiger partial charge < -0.3 is 25.0 Å². The first-order chi connectivity index (χ1) is 19.0. The molecule has 8 nitrogen and oxygen atoms in total. The third-order valence-electron chi connectivity index (χ3n) is 8.05. The van der Waals surface area contributed by atoms with E-state index >= 15 is 0 Å². The van der Waals surface area contributed by atoms with Crippen LogP contribution in [0.15, 0.2) is 91.5 Å². The van der Waals surface area contributed by atoms with Gasteiger partial charge in [0.05, 0.1) is 42.8 Å². The van der Waals surface area contributed by atoms with E-state index in [0.717, 1.165) is 11.1 Å². The number of benzene rings is 2. The molecule has 3 heterocycles. The monoisotopic (exact) mass is 520 g/mol. The van der Waals surface area contributed by atoms with Crippen LogP contribution >= 0.6 is 0 Å². The molecule has 2 aliphatic rings. The average Bonchev–Trinajstić information content (AvgIpc) is 3.36. The van der Waals surface area contributed by atoms with Crippen molar-refractivity contribution in [2.24, 2.45) is 5.92 Å². The van der Waals surface area contributed by atoms with Crippen LogP contribution in [-0.2, 0) is 17.7 Å². The van der Waals surface area contributed by atoms with E-state index in [1.54, 1.807) is 42.9 Å². The lowest BCUT2D eigenvalue weighted by Gasteiger charge is -2.41. The summed E-state index contributed by atoms with van der Waals surface area (Å²) in [5.74, 6) is -0.260. The summed E-state index contributed by atoms with van der Waals surface area (Å²) in [6.07, 6.45) is 5.35. The number of ether oxygens (including phenoxy) is 2. The molecule has 1 saturated carbocycles. The van der Waals surface area contributed by atoms with Crippen LogP contribution in [0.1, 0.15) is 33.7 Å². The normalized spacial score (nSPS) is 26.8. The number of nitriles is 1. The molecule has 1 fully saturated rings. The van der Waals surface area contributed by atoms with Gasteiger partial charge >= 0.3 is 0 Å². The Balaban J connectivity index is 1.54. The van der Waals surface area contributed by atoms with Gasteiger partial charge in [-0.25, -0.2) is 0 Å². The lowest BCUT2D eigenvalue weighted by atomic mass is 9.70. The summed E-state index contributed by atoms with van der Waals surface area (Å²) in [7, 11) is 1.51. The highest BCUT2D eigenvalue weighted by Crippen LogP contribution is 2.69. The van der Waals surface area contributed by atoms with Gasteiger partial charge in [0.25, 0.3) is 0 Å². The molecule has 1 aliphatic heterocycles. The fraction of sp³-hybridized carbons (Fsp3) is 0.258. The zero-order chi connectivity index (χ0) is 27.0. The highest BCUT2D eigenvalue weighted by molar-refractivity contribution is 5.59. The van der Waals surface area contributed by atoms with Gasteiger partial charge in [-0.2, -0.15) is 5.26 Å². The summed E-state index contributed by atoms with van der Waals surface area (Å²) in [5.41, 5.74) is 0.101. The number of aromatic nitrogens is 2. The molecular weight excluding hydrogens is 492 g/mol. The number of hydrogen-bond acceptors (Lipinski definition) is 8. The largest absolute Gasteiger partial charge is 0.495 e. The Bertz CT molecular complexity index is 1510. The molecule has 1 unspecified atom stereocenters. The van der Waals surface area contributed by atoms with Gasteiger partial charge in [-0.1, -0.05) is 48.5 Å². The SMILES string of the molecule is COc1cncc2c1[C@]1(O)[C@H](O)[C@H](CNCc3cccnc3)C(c3ccccc3)[C@]1(c1ccc(C#N)cc1)O2. The standard InChI is InChI=1S/C31H28N4O4/c1-38-25-18-35-19-26-28(25)30(37)29(36)24(17-34-16-21-6-5-13-33-15-21)27(22-7-3-2-4-8-22)31(30,39-26)23-11-9-20(14-32)10-12-23/h2-13,15,18-19,24,27,29,34,36-37H,16-17H2,1H3/t24-,27?,29-,30+,31+/m1/s1. The van der Waals surface area contributed by atoms with Crippen LogP contribution in [0.4, 0.5) is 0 Å². The second kappa shape index (κ2) is 9.79. The number of nitrogens with zero attached hydrogens (tertiary/aromatic N) is 3. The number of hydrogen-bond donors (Lipinski definition) is 3. The molecular formula is C31H28N4O4. The molecule has 6 rings (SSSR count). The Morgan fingerprint density at radius 3 is 2.51 bits per heavy atom. The van der Waals surface area contributed by atoms with Crippen molar-refractivity contribution in [3.8, 4) is 17.6 Å². The van der Waals surface area contributed by atoms with Crippen molar-refractivity contribution < 1.29 is 19.7 Å². The molecule has 3 N–H and O–H groups in total. The fourth-order valence-electron chi connectivity index (χ4n) is 6.44. The topological polar surface area (TPSA) is 121 Å². The van der Waals surface area contributed by atoms with Crippen molar-refractivity contribution >= 4 is 0 Å². The first-order valence-corrected chi connectivity index (χ1v) is 12.8. The zero-order valence-electron chi connectivity index (χ0n) is 21.4. The molecule has 0 radical (unpaired) electrons. The smallest absolute Gasteiger partial charge is 0.177 e. The first-order valence-electron chi connectivity index (χ1n) is 12.8. The number of aliphatic hydroxyl groups excluding tert-OH is 1. The van der Waals surface area contributed by atoms with Gasteiger partial charge in [-0.05, 0) is 34.9 Å². The van der Waals surface area contributed by atoms with Crippen LogP contribution in [0, 0.1) is 17.2 Å². The Morgan fingerprint density at radius 2 is 1.82 bits per heavy atom. The molecule has 8 heteroatoms. The van der Waals surface area contributed by atoms with Gasteiger partial charge in [0.15, 0.2) is 11.2 Å². The van der Waals surface area contributed by atoms with E-state index in [1.165, 1.54) is 13.3 Å². The number of methoxy groups -OCH3 is 1. The van der Waals surface area contributed by atoms with Crippen molar-refractivity contribution in [2.45, 2.75) is 29.8 Å². The number of fused-ring (bicyclic) bond motifs is 3. The number of nitrogens with one attached hydrogen (secondary N) is 1. The molecule has 1 aliphatic carbocycles. The van der Waals surface area contributed by atoms with Gasteiger partial charge in [-0.15, -0.1) is 0 Å². The van der Waals surface area contributed by atoms with Crippen molar-refractivity contribution in [1.82, 2.24) is 15.3 Å². The van der Waals surface area contributed by atoms with E-state index in [1.807, 2.05) is 42.5 Å². The lowest BCUT2D eigenvalue weighted by Crippen LogP contribution is -2.52. The molecule has 0 spiro atoms. The summed E-state index contributed by atoms with van der Waals surface area (Å²) in [5, 5.41) is 37.9. The maximum absolute atomic E-state index is 12.8. The Morgan fingerprint density at radius 1 is 1.03 bits per heavy atom. The summed E-state index contributed by atoms with van der Waals surface area (Å²) in [6, 6.07) is 22.8. The summed E-state index contributed by atoms with van der Waals surface area (Å²) < 4.78 is 12.4. The minimum Gasteiger partial charge on any atom is -0.495 e. The van der Waals surface area contributed by atoms with Crippen LogP contribution in [0.25, 0.3) is 0 Å². The molecule has 2 aromatic heterocycles. The van der Waals surface area contributed by atoms with Crippen LogP contribution in [-0.4, -0.2) is 39.9 Å². The van der Waals surface area contributed by atoms with E-state index < -0.39 is 29.1 Å². The quantitative estimate of drug-likeness (QED) is 0.339. The molecule has 39 heavy (non-hydrogen) atoms. The van der Waals surface area contributed by atoms with Crippen LogP contribution in [0.2, 0.25) is 0 Å². The van der Waals surface area contributed by atoms with Gasteiger partial charge in [0, 0.05) is 37.3 Å². The van der Waals surface area contributed by atoms with Crippen molar-refractivity contribution in [3.63, 3.8) is 0 Å². The van der Waals surface area contributed by atoms with Crippen LogP contribution in [0.5, 0.6) is 11.5 Å². The fourth-order valence-corrected chi connectivity index (χ4v) is 6.44. The second-order valence-corrected chi connectivity index (χ2v) is 10.00. The van der Waals surface area contributed by atoms with Crippen molar-refractivity contribution in [2.75, 3.05) is 13.7 Å². The van der Waals surface area contributed by atoms with E-state index in [9.17, 15) is 15.5 Å². The third-order valence-corrected chi connectivity index (χ3v) is 8.05. The second-order valence-electron chi connectivity index (χ2n) is 10.00. The highest BCUT2D eigenvalue weighted by atomic mass is 16.5. The van der Waals surface area contributed by atoms with Crippen LogP contribution < -0.4 is 14.8 Å². The van der Waals surface area contributed by atoms with Crippen molar-refractivity contribution in [1.29, 1.82) is 5.26 Å². The maximum atomic E-state index is 12.8.